The third kappa shape index (κ3) is 4.87. The van der Waals surface area contributed by atoms with Gasteiger partial charge >= 0.3 is 0 Å². The molecule has 1 aliphatic carbocycles. The molecule has 1 aliphatic rings. The van der Waals surface area contributed by atoms with E-state index in [-0.39, 0.29) is 5.91 Å². The van der Waals surface area contributed by atoms with Crippen molar-refractivity contribution >= 4 is 29.3 Å². The van der Waals surface area contributed by atoms with E-state index >= 15 is 0 Å². The zero-order chi connectivity index (χ0) is 20.9. The minimum Gasteiger partial charge on any atom is -0.353 e. The molecule has 30 heavy (non-hydrogen) atoms. The highest BCUT2D eigenvalue weighted by Crippen LogP contribution is 2.30. The van der Waals surface area contributed by atoms with Crippen molar-refractivity contribution in [3.05, 3.63) is 59.1 Å². The quantitative estimate of drug-likeness (QED) is 0.518. The number of aryl methyl sites for hydroxylation is 1. The predicted molar refractivity (Wildman–Crippen MR) is 122 cm³/mol. The Morgan fingerprint density at radius 3 is 2.63 bits per heavy atom. The molecule has 0 atom stereocenters. The lowest BCUT2D eigenvalue weighted by atomic mass is 9.95. The number of nitrogens with zero attached hydrogens (tertiary/aromatic N) is 3. The van der Waals surface area contributed by atoms with Gasteiger partial charge in [-0.05, 0) is 43.5 Å². The molecule has 156 valence electrons. The third-order valence-electron chi connectivity index (χ3n) is 5.38. The topological polar surface area (TPSA) is 59.8 Å². The molecule has 1 saturated carbocycles. The highest BCUT2D eigenvalue weighted by molar-refractivity contribution is 7.99. The second kappa shape index (κ2) is 9.67. The van der Waals surface area contributed by atoms with Crippen LogP contribution in [0.3, 0.4) is 0 Å². The summed E-state index contributed by atoms with van der Waals surface area (Å²) >= 11 is 7.75. The molecule has 4 rings (SSSR count). The second-order valence-corrected chi connectivity index (χ2v) is 8.98. The van der Waals surface area contributed by atoms with E-state index in [0.29, 0.717) is 27.8 Å². The number of hydrogen-bond acceptors (Lipinski definition) is 4. The summed E-state index contributed by atoms with van der Waals surface area (Å²) in [6.07, 6.45) is 5.82. The van der Waals surface area contributed by atoms with Crippen molar-refractivity contribution in [2.75, 3.05) is 5.75 Å². The van der Waals surface area contributed by atoms with E-state index in [1.165, 1.54) is 31.0 Å². The number of rotatable bonds is 6. The van der Waals surface area contributed by atoms with Gasteiger partial charge in [0.2, 0.25) is 5.91 Å². The molecule has 0 spiro atoms. The molecule has 0 radical (unpaired) electrons. The molecule has 0 bridgehead atoms. The van der Waals surface area contributed by atoms with Gasteiger partial charge in [-0.2, -0.15) is 0 Å². The zero-order valence-electron chi connectivity index (χ0n) is 17.0. The van der Waals surface area contributed by atoms with E-state index in [1.54, 1.807) is 0 Å². The molecule has 2 aromatic carbocycles. The lowest BCUT2D eigenvalue weighted by molar-refractivity contribution is -0.119. The Morgan fingerprint density at radius 2 is 1.90 bits per heavy atom. The summed E-state index contributed by atoms with van der Waals surface area (Å²) in [6.45, 7) is 1.97. The third-order valence-corrected chi connectivity index (χ3v) is 6.72. The van der Waals surface area contributed by atoms with Crippen LogP contribution in [0.15, 0.2) is 53.7 Å². The molecule has 0 unspecified atom stereocenters. The van der Waals surface area contributed by atoms with Crippen molar-refractivity contribution in [1.82, 2.24) is 20.1 Å². The van der Waals surface area contributed by atoms with E-state index in [0.717, 1.165) is 29.7 Å². The van der Waals surface area contributed by atoms with Crippen LogP contribution in [-0.4, -0.2) is 32.5 Å². The molecule has 7 heteroatoms. The van der Waals surface area contributed by atoms with E-state index in [2.05, 4.69) is 15.5 Å². The lowest BCUT2D eigenvalue weighted by Gasteiger charge is -2.22. The van der Waals surface area contributed by atoms with Crippen LogP contribution in [0, 0.1) is 6.92 Å². The van der Waals surface area contributed by atoms with Crippen molar-refractivity contribution in [2.45, 2.75) is 50.2 Å². The number of hydrogen-bond donors (Lipinski definition) is 1. The first-order valence-corrected chi connectivity index (χ1v) is 11.7. The van der Waals surface area contributed by atoms with Crippen LogP contribution in [-0.2, 0) is 4.79 Å². The van der Waals surface area contributed by atoms with E-state index in [9.17, 15) is 4.79 Å². The number of halogens is 1. The Hall–Kier alpha value is -2.31. The van der Waals surface area contributed by atoms with Crippen LogP contribution in [0.1, 0.15) is 37.7 Å². The van der Waals surface area contributed by atoms with Crippen LogP contribution < -0.4 is 5.32 Å². The molecule has 0 aliphatic heterocycles. The fourth-order valence-electron chi connectivity index (χ4n) is 3.74. The zero-order valence-corrected chi connectivity index (χ0v) is 18.5. The average Bonchev–Trinajstić information content (AvgIpc) is 3.19. The van der Waals surface area contributed by atoms with Gasteiger partial charge in [0.1, 0.15) is 0 Å². The van der Waals surface area contributed by atoms with Crippen molar-refractivity contribution < 1.29 is 4.79 Å². The number of carbonyl (C=O) groups excluding carboxylic acids is 1. The number of benzene rings is 2. The smallest absolute Gasteiger partial charge is 0.230 e. The van der Waals surface area contributed by atoms with E-state index in [1.807, 2.05) is 60.0 Å². The molecule has 1 fully saturated rings. The van der Waals surface area contributed by atoms with Gasteiger partial charge < -0.3 is 5.32 Å². The Balaban J connectivity index is 1.57. The average molecular weight is 441 g/mol. The first-order chi connectivity index (χ1) is 14.6. The second-order valence-electron chi connectivity index (χ2n) is 7.63. The highest BCUT2D eigenvalue weighted by Gasteiger charge is 2.19. The normalized spacial score (nSPS) is 14.6. The van der Waals surface area contributed by atoms with E-state index in [4.69, 9.17) is 11.6 Å². The van der Waals surface area contributed by atoms with Crippen molar-refractivity contribution in [2.24, 2.45) is 0 Å². The van der Waals surface area contributed by atoms with Crippen LogP contribution >= 0.6 is 23.4 Å². The van der Waals surface area contributed by atoms with Gasteiger partial charge in [-0.1, -0.05) is 73.0 Å². The van der Waals surface area contributed by atoms with Gasteiger partial charge in [-0.25, -0.2) is 0 Å². The first-order valence-electron chi connectivity index (χ1n) is 10.3. The molecule has 3 aromatic rings. The highest BCUT2D eigenvalue weighted by atomic mass is 35.5. The first kappa shape index (κ1) is 20.9. The van der Waals surface area contributed by atoms with Gasteiger partial charge in [-0.15, -0.1) is 10.2 Å². The van der Waals surface area contributed by atoms with Gasteiger partial charge in [0.25, 0.3) is 0 Å². The number of para-hydroxylation sites is 1. The fraction of sp³-hybridized carbons (Fsp3) is 0.348. The summed E-state index contributed by atoms with van der Waals surface area (Å²) in [6, 6.07) is 16.1. The SMILES string of the molecule is Cc1ccc(-c2nnc(SCC(=O)NC3CCCCC3)n2-c2ccccc2)cc1Cl. The molecule has 1 amide bonds. The molecular formula is C23H25ClN4OS. The molecule has 5 nitrogen and oxygen atoms in total. The van der Waals surface area contributed by atoms with Crippen molar-refractivity contribution in [3.63, 3.8) is 0 Å². The Labute approximate surface area is 186 Å². The summed E-state index contributed by atoms with van der Waals surface area (Å²) in [5.74, 6) is 1.07. The number of aromatic nitrogens is 3. The minimum absolute atomic E-state index is 0.0504. The molecule has 1 heterocycles. The van der Waals surface area contributed by atoms with Crippen molar-refractivity contribution in [1.29, 1.82) is 0 Å². The van der Waals surface area contributed by atoms with Gasteiger partial charge in [0.05, 0.1) is 5.75 Å². The fourth-order valence-corrected chi connectivity index (χ4v) is 4.68. The summed E-state index contributed by atoms with van der Waals surface area (Å²) in [4.78, 5) is 12.5. The minimum atomic E-state index is 0.0504. The Kier molecular flexibility index (Phi) is 6.75. The maximum atomic E-state index is 12.5. The number of nitrogens with one attached hydrogen (secondary N) is 1. The van der Waals surface area contributed by atoms with Gasteiger partial charge in [-0.3, -0.25) is 9.36 Å². The van der Waals surface area contributed by atoms with Crippen LogP contribution in [0.4, 0.5) is 0 Å². The largest absolute Gasteiger partial charge is 0.353 e. The summed E-state index contributed by atoms with van der Waals surface area (Å²) in [5, 5.41) is 13.4. The summed E-state index contributed by atoms with van der Waals surface area (Å²) < 4.78 is 1.99. The summed E-state index contributed by atoms with van der Waals surface area (Å²) in [5.41, 5.74) is 2.85. The number of carbonyl (C=O) groups is 1. The van der Waals surface area contributed by atoms with Gasteiger partial charge in [0.15, 0.2) is 11.0 Å². The van der Waals surface area contributed by atoms with Crippen LogP contribution in [0.2, 0.25) is 5.02 Å². The molecule has 1 aromatic heterocycles. The van der Waals surface area contributed by atoms with E-state index < -0.39 is 0 Å². The predicted octanol–water partition coefficient (Wildman–Crippen LogP) is 5.44. The monoisotopic (exact) mass is 440 g/mol. The summed E-state index contributed by atoms with van der Waals surface area (Å²) in [7, 11) is 0. The van der Waals surface area contributed by atoms with Crippen molar-refractivity contribution in [3.8, 4) is 17.1 Å². The van der Waals surface area contributed by atoms with Gasteiger partial charge in [0, 0.05) is 22.3 Å². The van der Waals surface area contributed by atoms with Crippen LogP contribution in [0.5, 0.6) is 0 Å². The standard InChI is InChI=1S/C23H25ClN4OS/c1-16-12-13-17(14-20(16)24)22-26-27-23(28(22)19-10-6-3-7-11-19)30-15-21(29)25-18-8-4-2-5-9-18/h3,6-7,10-14,18H,2,4-5,8-9,15H2,1H3,(H,25,29). The lowest BCUT2D eigenvalue weighted by Crippen LogP contribution is -2.37. The Bertz CT molecular complexity index is 1020. The number of thioether (sulfide) groups is 1. The molecular weight excluding hydrogens is 416 g/mol. The number of amides is 1. The maximum absolute atomic E-state index is 12.5. The van der Waals surface area contributed by atoms with Crippen LogP contribution in [0.25, 0.3) is 17.1 Å². The Morgan fingerprint density at radius 1 is 1.13 bits per heavy atom. The molecule has 0 saturated heterocycles. The molecule has 1 N–H and O–H groups in total. The maximum Gasteiger partial charge on any atom is 0.230 e.